The van der Waals surface area contributed by atoms with Gasteiger partial charge < -0.3 is 20.7 Å². The van der Waals surface area contributed by atoms with Crippen molar-refractivity contribution in [2.75, 3.05) is 29.6 Å². The van der Waals surface area contributed by atoms with Gasteiger partial charge in [-0.15, -0.1) is 0 Å². The van der Waals surface area contributed by atoms with Crippen LogP contribution in [0.25, 0.3) is 0 Å². The highest BCUT2D eigenvalue weighted by molar-refractivity contribution is 5.89. The second-order valence-electron chi connectivity index (χ2n) is 6.18. The highest BCUT2D eigenvalue weighted by atomic mass is 16.5. The molecule has 2 aromatic carbocycles. The third kappa shape index (κ3) is 5.70. The summed E-state index contributed by atoms with van der Waals surface area (Å²) in [5.74, 6) is 1.96. The zero-order valence-corrected chi connectivity index (χ0v) is 15.9. The molecule has 3 N–H and O–H groups in total. The minimum Gasteiger partial charge on any atom is -0.497 e. The van der Waals surface area contributed by atoms with E-state index in [2.05, 4.69) is 25.9 Å². The minimum atomic E-state index is -0.109. The average Bonchev–Trinajstić information content (AvgIpc) is 2.69. The van der Waals surface area contributed by atoms with Crippen LogP contribution in [-0.4, -0.2) is 29.5 Å². The third-order valence-corrected chi connectivity index (χ3v) is 3.97. The van der Waals surface area contributed by atoms with E-state index in [1.54, 1.807) is 19.4 Å². The van der Waals surface area contributed by atoms with E-state index >= 15 is 0 Å². The van der Waals surface area contributed by atoms with Crippen molar-refractivity contribution in [3.8, 4) is 5.75 Å². The Bertz CT molecular complexity index is 928. The van der Waals surface area contributed by atoms with Crippen molar-refractivity contribution >= 4 is 29.0 Å². The van der Waals surface area contributed by atoms with E-state index in [1.807, 2.05) is 48.5 Å². The lowest BCUT2D eigenvalue weighted by atomic mass is 10.1. The molecule has 0 spiro atoms. The Balaban J connectivity index is 1.57. The summed E-state index contributed by atoms with van der Waals surface area (Å²) >= 11 is 0. The van der Waals surface area contributed by atoms with E-state index in [1.165, 1.54) is 12.5 Å². The van der Waals surface area contributed by atoms with Gasteiger partial charge in [0, 0.05) is 31.0 Å². The fourth-order valence-electron chi connectivity index (χ4n) is 2.65. The molecule has 0 aliphatic heterocycles. The summed E-state index contributed by atoms with van der Waals surface area (Å²) < 4.78 is 5.17. The third-order valence-electron chi connectivity index (χ3n) is 3.97. The van der Waals surface area contributed by atoms with Crippen LogP contribution in [0.1, 0.15) is 12.5 Å². The van der Waals surface area contributed by atoms with Gasteiger partial charge in [0.05, 0.1) is 7.11 Å². The van der Waals surface area contributed by atoms with Gasteiger partial charge in [-0.2, -0.15) is 4.98 Å². The summed E-state index contributed by atoms with van der Waals surface area (Å²) in [5, 5.41) is 9.22. The first kappa shape index (κ1) is 19.2. The molecule has 7 nitrogen and oxygen atoms in total. The smallest absolute Gasteiger partial charge is 0.224 e. The van der Waals surface area contributed by atoms with E-state index in [0.717, 1.165) is 23.5 Å². The number of rotatable bonds is 8. The normalized spacial score (nSPS) is 10.2. The molecular weight excluding hydrogens is 354 g/mol. The van der Waals surface area contributed by atoms with E-state index in [0.29, 0.717) is 18.3 Å². The molecule has 0 radical (unpaired) electrons. The fourth-order valence-corrected chi connectivity index (χ4v) is 2.65. The molecule has 0 aliphatic carbocycles. The molecule has 1 heterocycles. The van der Waals surface area contributed by atoms with Gasteiger partial charge in [-0.25, -0.2) is 4.98 Å². The van der Waals surface area contributed by atoms with Crippen molar-refractivity contribution in [3.63, 3.8) is 0 Å². The summed E-state index contributed by atoms with van der Waals surface area (Å²) in [6.45, 7) is 2.20. The summed E-state index contributed by atoms with van der Waals surface area (Å²) in [6.07, 6.45) is 2.55. The van der Waals surface area contributed by atoms with Crippen molar-refractivity contribution in [1.82, 2.24) is 9.97 Å². The summed E-state index contributed by atoms with van der Waals surface area (Å²) in [6, 6.07) is 17.2. The van der Waals surface area contributed by atoms with E-state index in [9.17, 15) is 4.79 Å². The van der Waals surface area contributed by atoms with Crippen molar-refractivity contribution in [2.24, 2.45) is 0 Å². The Labute approximate surface area is 164 Å². The van der Waals surface area contributed by atoms with Crippen LogP contribution in [0.2, 0.25) is 0 Å². The van der Waals surface area contributed by atoms with E-state index in [4.69, 9.17) is 4.74 Å². The quantitative estimate of drug-likeness (QED) is 0.553. The number of aromatic nitrogens is 2. The molecule has 144 valence electrons. The molecule has 0 saturated heterocycles. The maximum atomic E-state index is 11.2. The molecule has 3 aromatic rings. The number of hydrogen-bond donors (Lipinski definition) is 3. The zero-order valence-electron chi connectivity index (χ0n) is 15.9. The first-order valence-electron chi connectivity index (χ1n) is 8.97. The van der Waals surface area contributed by atoms with Gasteiger partial charge in [0.1, 0.15) is 11.6 Å². The van der Waals surface area contributed by atoms with Crippen LogP contribution in [0.15, 0.2) is 60.8 Å². The summed E-state index contributed by atoms with van der Waals surface area (Å²) in [4.78, 5) is 19.9. The van der Waals surface area contributed by atoms with Crippen LogP contribution in [0.5, 0.6) is 5.75 Å². The summed E-state index contributed by atoms with van der Waals surface area (Å²) in [7, 11) is 1.66. The maximum absolute atomic E-state index is 11.2. The number of anilines is 4. The lowest BCUT2D eigenvalue weighted by Crippen LogP contribution is -2.09. The molecule has 0 saturated carbocycles. The molecule has 0 aliphatic rings. The molecule has 0 atom stereocenters. The van der Waals surface area contributed by atoms with Crippen molar-refractivity contribution < 1.29 is 9.53 Å². The van der Waals surface area contributed by atoms with Gasteiger partial charge >= 0.3 is 0 Å². The predicted molar refractivity (Wildman–Crippen MR) is 111 cm³/mol. The molecule has 3 rings (SSSR count). The van der Waals surface area contributed by atoms with Crippen molar-refractivity contribution in [1.29, 1.82) is 0 Å². The highest BCUT2D eigenvalue weighted by Crippen LogP contribution is 2.19. The van der Waals surface area contributed by atoms with Gasteiger partial charge in [-0.05, 0) is 48.4 Å². The number of hydrogen-bond acceptors (Lipinski definition) is 6. The van der Waals surface area contributed by atoms with Gasteiger partial charge in [0.15, 0.2) is 0 Å². The summed E-state index contributed by atoms with van der Waals surface area (Å²) in [5.41, 5.74) is 2.76. The molecule has 0 bridgehead atoms. The van der Waals surface area contributed by atoms with Crippen LogP contribution in [0.3, 0.4) is 0 Å². The maximum Gasteiger partial charge on any atom is 0.224 e. The van der Waals surface area contributed by atoms with E-state index < -0.39 is 0 Å². The zero-order chi connectivity index (χ0) is 19.8. The number of methoxy groups -OCH3 is 1. The monoisotopic (exact) mass is 377 g/mol. The Morgan fingerprint density at radius 3 is 2.61 bits per heavy atom. The van der Waals surface area contributed by atoms with Crippen LogP contribution < -0.4 is 20.7 Å². The minimum absolute atomic E-state index is 0.109. The molecule has 1 aromatic heterocycles. The van der Waals surface area contributed by atoms with Gasteiger partial charge in [-0.1, -0.05) is 18.2 Å². The molecule has 7 heteroatoms. The fraction of sp³-hybridized carbons (Fsp3) is 0.190. The molecule has 28 heavy (non-hydrogen) atoms. The second kappa shape index (κ2) is 9.36. The number of carbonyl (C=O) groups is 1. The lowest BCUT2D eigenvalue weighted by molar-refractivity contribution is -0.114. The Hall–Kier alpha value is -3.61. The largest absolute Gasteiger partial charge is 0.497 e. The SMILES string of the molecule is COc1ccc(CCNc2nccc(Nc3cccc(NC(C)=O)c3)n2)cc1. The Kier molecular flexibility index (Phi) is 6.41. The standard InChI is InChI=1S/C21H23N5O2/c1-15(27)24-17-4-3-5-18(14-17)25-20-11-13-23-21(26-20)22-12-10-16-6-8-19(28-2)9-7-16/h3-9,11,13-14H,10,12H2,1-2H3,(H,24,27)(H2,22,23,25,26). The van der Waals surface area contributed by atoms with Gasteiger partial charge in [0.2, 0.25) is 11.9 Å². The molecule has 0 fully saturated rings. The highest BCUT2D eigenvalue weighted by Gasteiger charge is 2.02. The predicted octanol–water partition coefficient (Wildman–Crippen LogP) is 3.84. The number of carbonyl (C=O) groups excluding carboxylic acids is 1. The number of nitrogens with one attached hydrogen (secondary N) is 3. The topological polar surface area (TPSA) is 88.2 Å². The van der Waals surface area contributed by atoms with Crippen molar-refractivity contribution in [2.45, 2.75) is 13.3 Å². The van der Waals surface area contributed by atoms with Crippen LogP contribution in [0, 0.1) is 0 Å². The van der Waals surface area contributed by atoms with Crippen LogP contribution in [0.4, 0.5) is 23.1 Å². The molecule has 0 unspecified atom stereocenters. The van der Waals surface area contributed by atoms with Gasteiger partial charge in [0.25, 0.3) is 0 Å². The van der Waals surface area contributed by atoms with E-state index in [-0.39, 0.29) is 5.91 Å². The average molecular weight is 377 g/mol. The first-order chi connectivity index (χ1) is 13.6. The number of benzene rings is 2. The Morgan fingerprint density at radius 2 is 1.86 bits per heavy atom. The second-order valence-corrected chi connectivity index (χ2v) is 6.18. The van der Waals surface area contributed by atoms with Crippen LogP contribution in [-0.2, 0) is 11.2 Å². The Morgan fingerprint density at radius 1 is 1.07 bits per heavy atom. The molecule has 1 amide bonds. The lowest BCUT2D eigenvalue weighted by Gasteiger charge is -2.10. The van der Waals surface area contributed by atoms with Crippen LogP contribution >= 0.6 is 0 Å². The van der Waals surface area contributed by atoms with Crippen molar-refractivity contribution in [3.05, 3.63) is 66.4 Å². The first-order valence-corrected chi connectivity index (χ1v) is 8.97. The van der Waals surface area contributed by atoms with Gasteiger partial charge in [-0.3, -0.25) is 4.79 Å². The number of amides is 1. The number of ether oxygens (including phenoxy) is 1. The molecular formula is C21H23N5O2. The number of nitrogens with zero attached hydrogens (tertiary/aromatic N) is 2.